The first kappa shape index (κ1) is 29.2. The number of halogens is 3. The van der Waals surface area contributed by atoms with Gasteiger partial charge in [0.15, 0.2) is 0 Å². The number of carbonyl (C=O) groups is 3. The molecule has 0 spiro atoms. The smallest absolute Gasteiger partial charge is 0.416 e. The number of carbonyl (C=O) groups excluding carboxylic acids is 3. The van der Waals surface area contributed by atoms with Crippen molar-refractivity contribution in [2.24, 2.45) is 5.92 Å². The summed E-state index contributed by atoms with van der Waals surface area (Å²) in [6.07, 6.45) is -2.26. The Kier molecular flexibility index (Phi) is 9.59. The van der Waals surface area contributed by atoms with Crippen molar-refractivity contribution in [1.29, 1.82) is 0 Å². The number of hydrogen-bond acceptors (Lipinski definition) is 5. The molecule has 1 unspecified atom stereocenters. The number of urea groups is 1. The van der Waals surface area contributed by atoms with E-state index in [4.69, 9.17) is 4.74 Å². The highest BCUT2D eigenvalue weighted by molar-refractivity contribution is 5.95. The maximum Gasteiger partial charge on any atom is 0.416 e. The fourth-order valence-corrected chi connectivity index (χ4v) is 4.69. The van der Waals surface area contributed by atoms with E-state index in [2.05, 4.69) is 16.8 Å². The maximum atomic E-state index is 13.3. The molecule has 1 fully saturated rings. The van der Waals surface area contributed by atoms with Gasteiger partial charge < -0.3 is 15.0 Å². The van der Waals surface area contributed by atoms with Crippen molar-refractivity contribution in [2.45, 2.75) is 39.4 Å². The molecule has 208 valence electrons. The van der Waals surface area contributed by atoms with Gasteiger partial charge in [0.1, 0.15) is 0 Å². The van der Waals surface area contributed by atoms with Crippen LogP contribution >= 0.6 is 0 Å². The Balaban J connectivity index is 2.02. The van der Waals surface area contributed by atoms with Crippen LogP contribution in [0.4, 0.5) is 18.0 Å². The number of nitrogens with zero attached hydrogens (tertiary/aromatic N) is 3. The average molecular weight is 537 g/mol. The minimum Gasteiger partial charge on any atom is -0.463 e. The third kappa shape index (κ3) is 6.75. The summed E-state index contributed by atoms with van der Waals surface area (Å²) < 4.78 is 44.8. The van der Waals surface area contributed by atoms with Crippen LogP contribution in [-0.4, -0.2) is 78.5 Å². The highest BCUT2D eigenvalue weighted by Gasteiger charge is 2.39. The number of esters is 1. The van der Waals surface area contributed by atoms with Gasteiger partial charge >= 0.3 is 18.2 Å². The van der Waals surface area contributed by atoms with E-state index in [0.717, 1.165) is 18.6 Å². The van der Waals surface area contributed by atoms with E-state index in [1.807, 2.05) is 18.7 Å². The third-order valence-electron chi connectivity index (χ3n) is 6.58. The number of alkyl halides is 3. The number of rotatable bonds is 8. The summed E-state index contributed by atoms with van der Waals surface area (Å²) in [5.74, 6) is -0.701. The van der Waals surface area contributed by atoms with Crippen LogP contribution in [0.25, 0.3) is 0 Å². The molecular weight excluding hydrogens is 501 g/mol. The largest absolute Gasteiger partial charge is 0.463 e. The molecule has 0 saturated carbocycles. The van der Waals surface area contributed by atoms with Crippen LogP contribution in [0.5, 0.6) is 0 Å². The fraction of sp³-hybridized carbons (Fsp3) is 0.519. The van der Waals surface area contributed by atoms with E-state index in [9.17, 15) is 27.6 Å². The molecule has 2 heterocycles. The minimum atomic E-state index is -4.52. The molecule has 1 aromatic carbocycles. The van der Waals surface area contributed by atoms with Crippen LogP contribution in [0, 0.1) is 5.92 Å². The van der Waals surface area contributed by atoms with Crippen LogP contribution in [-0.2, 0) is 20.5 Å². The van der Waals surface area contributed by atoms with Gasteiger partial charge in [-0.15, -0.1) is 6.58 Å². The van der Waals surface area contributed by atoms with Crippen molar-refractivity contribution in [3.05, 3.63) is 59.3 Å². The number of nitrogens with one attached hydrogen (secondary N) is 1. The Bertz CT molecular complexity index is 1070. The summed E-state index contributed by atoms with van der Waals surface area (Å²) in [5.41, 5.74) is 0.0615. The molecule has 0 bridgehead atoms. The molecule has 0 aromatic heterocycles. The molecular formula is C27H35F3N4O4. The Labute approximate surface area is 221 Å². The number of hydrogen-bond donors (Lipinski definition) is 1. The van der Waals surface area contributed by atoms with Gasteiger partial charge in [-0.2, -0.15) is 13.2 Å². The van der Waals surface area contributed by atoms with Crippen molar-refractivity contribution >= 4 is 17.9 Å². The van der Waals surface area contributed by atoms with Crippen molar-refractivity contribution in [3.8, 4) is 0 Å². The van der Waals surface area contributed by atoms with Crippen LogP contribution < -0.4 is 5.32 Å². The van der Waals surface area contributed by atoms with E-state index in [1.165, 1.54) is 23.1 Å². The van der Waals surface area contributed by atoms with Gasteiger partial charge in [-0.05, 0) is 31.0 Å². The van der Waals surface area contributed by atoms with Gasteiger partial charge in [0.2, 0.25) is 5.91 Å². The molecule has 8 nitrogen and oxygen atoms in total. The molecule has 38 heavy (non-hydrogen) atoms. The van der Waals surface area contributed by atoms with Crippen LogP contribution in [0.2, 0.25) is 0 Å². The first-order valence-corrected chi connectivity index (χ1v) is 12.7. The first-order valence-electron chi connectivity index (χ1n) is 12.7. The topological polar surface area (TPSA) is 82.2 Å². The lowest BCUT2D eigenvalue weighted by molar-refractivity contribution is -0.139. The van der Waals surface area contributed by atoms with E-state index in [1.54, 1.807) is 6.92 Å². The Hall–Kier alpha value is -3.34. The maximum absolute atomic E-state index is 13.3. The molecule has 1 saturated heterocycles. The molecule has 1 aromatic rings. The molecule has 3 amide bonds. The van der Waals surface area contributed by atoms with E-state index in [0.29, 0.717) is 37.4 Å². The highest BCUT2D eigenvalue weighted by Crippen LogP contribution is 2.35. The SMILES string of the molecule is C=CCN1C(=O)NC(c2ccc(C(F)(F)F)cc2)C(C(=O)OCC)=C1CN1CCCN(C(=O)C(C)C)CC1. The molecule has 3 rings (SSSR count). The van der Waals surface area contributed by atoms with Crippen molar-refractivity contribution in [2.75, 3.05) is 45.9 Å². The van der Waals surface area contributed by atoms with Crippen molar-refractivity contribution in [1.82, 2.24) is 20.0 Å². The first-order chi connectivity index (χ1) is 18.0. The molecule has 0 radical (unpaired) electrons. The summed E-state index contributed by atoms with van der Waals surface area (Å²) in [6.45, 7) is 11.8. The molecule has 2 aliphatic heterocycles. The van der Waals surface area contributed by atoms with Crippen molar-refractivity contribution < 1.29 is 32.3 Å². The summed E-state index contributed by atoms with van der Waals surface area (Å²) in [4.78, 5) is 44.3. The Morgan fingerprint density at radius 2 is 1.84 bits per heavy atom. The lowest BCUT2D eigenvalue weighted by Crippen LogP contribution is -2.51. The lowest BCUT2D eigenvalue weighted by Gasteiger charge is -2.38. The molecule has 1 atom stereocenters. The predicted molar refractivity (Wildman–Crippen MR) is 136 cm³/mol. The highest BCUT2D eigenvalue weighted by atomic mass is 19.4. The second kappa shape index (κ2) is 12.5. The van der Waals surface area contributed by atoms with Gasteiger partial charge in [-0.25, -0.2) is 9.59 Å². The standard InChI is InChI=1S/C27H35F3N4O4/c1-5-12-34-21(17-32-13-7-14-33(16-15-32)24(35)18(3)4)22(25(36)38-6-2)23(31-26(34)37)19-8-10-20(11-9-19)27(28,29)30/h5,8-11,18,23H,1,6-7,12-17H2,2-4H3,(H,31,37). The average Bonchev–Trinajstić information content (AvgIpc) is 3.10. The zero-order valence-electron chi connectivity index (χ0n) is 22.0. The van der Waals surface area contributed by atoms with E-state index >= 15 is 0 Å². The second-order valence-electron chi connectivity index (χ2n) is 9.59. The summed E-state index contributed by atoms with van der Waals surface area (Å²) >= 11 is 0. The Morgan fingerprint density at radius 3 is 2.42 bits per heavy atom. The molecule has 1 N–H and O–H groups in total. The summed E-state index contributed by atoms with van der Waals surface area (Å²) in [6, 6.07) is 2.88. The number of benzene rings is 1. The van der Waals surface area contributed by atoms with Gasteiger partial charge in [0.25, 0.3) is 0 Å². The summed E-state index contributed by atoms with van der Waals surface area (Å²) in [5, 5.41) is 2.76. The van der Waals surface area contributed by atoms with Gasteiger partial charge in [0.05, 0.1) is 23.8 Å². The van der Waals surface area contributed by atoms with Crippen LogP contribution in [0.15, 0.2) is 48.2 Å². The predicted octanol–water partition coefficient (Wildman–Crippen LogP) is 3.97. The third-order valence-corrected chi connectivity index (χ3v) is 6.58. The zero-order chi connectivity index (χ0) is 28.0. The summed E-state index contributed by atoms with van der Waals surface area (Å²) in [7, 11) is 0. The monoisotopic (exact) mass is 536 g/mol. The molecule has 11 heteroatoms. The quantitative estimate of drug-likeness (QED) is 0.402. The zero-order valence-corrected chi connectivity index (χ0v) is 22.0. The van der Waals surface area contributed by atoms with Crippen molar-refractivity contribution in [3.63, 3.8) is 0 Å². The second-order valence-corrected chi connectivity index (χ2v) is 9.59. The number of amides is 3. The van der Waals surface area contributed by atoms with Crippen LogP contribution in [0.1, 0.15) is 44.4 Å². The Morgan fingerprint density at radius 1 is 1.16 bits per heavy atom. The van der Waals surface area contributed by atoms with Gasteiger partial charge in [-0.3, -0.25) is 14.6 Å². The van der Waals surface area contributed by atoms with Crippen LogP contribution in [0.3, 0.4) is 0 Å². The molecule has 0 aliphatic carbocycles. The fourth-order valence-electron chi connectivity index (χ4n) is 4.69. The normalized spacial score (nSPS) is 19.3. The van der Waals surface area contributed by atoms with E-state index < -0.39 is 29.8 Å². The number of ether oxygens (including phenoxy) is 1. The lowest BCUT2D eigenvalue weighted by atomic mass is 9.93. The molecule has 2 aliphatic rings. The van der Waals surface area contributed by atoms with E-state index in [-0.39, 0.29) is 37.1 Å². The van der Waals surface area contributed by atoms with Gasteiger partial charge in [0, 0.05) is 50.9 Å². The van der Waals surface area contributed by atoms with Gasteiger partial charge in [-0.1, -0.05) is 32.1 Å². The minimum absolute atomic E-state index is 0.0750.